The van der Waals surface area contributed by atoms with E-state index in [2.05, 4.69) is 10.6 Å². The van der Waals surface area contributed by atoms with E-state index in [0.29, 0.717) is 21.7 Å². The van der Waals surface area contributed by atoms with Crippen LogP contribution in [0.4, 0.5) is 10.5 Å². The van der Waals surface area contributed by atoms with Gasteiger partial charge in [0.1, 0.15) is 4.90 Å². The van der Waals surface area contributed by atoms with E-state index in [1.54, 1.807) is 24.3 Å². The maximum atomic E-state index is 12.3. The van der Waals surface area contributed by atoms with E-state index in [9.17, 15) is 13.2 Å². The van der Waals surface area contributed by atoms with Gasteiger partial charge in [0.15, 0.2) is 5.75 Å². The molecule has 2 N–H and O–H groups in total. The van der Waals surface area contributed by atoms with Gasteiger partial charge < -0.3 is 14.8 Å². The molecular weight excluding hydrogens is 467 g/mol. The molecule has 0 saturated heterocycles. The van der Waals surface area contributed by atoms with Gasteiger partial charge in [-0.3, -0.25) is 0 Å². The number of para-hydroxylation sites is 1. The van der Waals surface area contributed by atoms with Gasteiger partial charge in [-0.25, -0.2) is 4.79 Å². The number of rotatable bonds is 6. The molecule has 128 valence electrons. The van der Waals surface area contributed by atoms with Gasteiger partial charge in [0.25, 0.3) is 0 Å². The number of urea groups is 1. The summed E-state index contributed by atoms with van der Waals surface area (Å²) in [5.74, 6) is 0.570. The van der Waals surface area contributed by atoms with Gasteiger partial charge in [-0.2, -0.15) is 8.42 Å². The number of carbonyl (C=O) groups is 1. The zero-order valence-electron chi connectivity index (χ0n) is 12.3. The third-order valence-electron chi connectivity index (χ3n) is 2.82. The summed E-state index contributed by atoms with van der Waals surface area (Å²) in [5, 5.41) is 5.11. The number of amides is 2. The second kappa shape index (κ2) is 8.54. The van der Waals surface area contributed by atoms with Gasteiger partial charge in [-0.1, -0.05) is 12.1 Å². The lowest BCUT2D eigenvalue weighted by Gasteiger charge is -2.10. The van der Waals surface area contributed by atoms with Crippen molar-refractivity contribution < 1.29 is 17.4 Å². The topological polar surface area (TPSA) is 84.5 Å². The molecule has 0 bridgehead atoms. The minimum Gasteiger partial charge on any atom is -0.378 e. The second-order valence-electron chi connectivity index (χ2n) is 4.56. The van der Waals surface area contributed by atoms with Crippen molar-refractivity contribution in [3.05, 3.63) is 52.1 Å². The summed E-state index contributed by atoms with van der Waals surface area (Å²) in [6, 6.07) is 12.1. The molecule has 0 aliphatic rings. The van der Waals surface area contributed by atoms with Crippen molar-refractivity contribution in [2.45, 2.75) is 4.90 Å². The molecule has 2 amide bonds. The summed E-state index contributed by atoms with van der Waals surface area (Å²) < 4.78 is 30.4. The van der Waals surface area contributed by atoms with E-state index in [-0.39, 0.29) is 10.6 Å². The summed E-state index contributed by atoms with van der Waals surface area (Å²) in [5.41, 5.74) is 0.454. The second-order valence-corrected chi connectivity index (χ2v) is 7.65. The highest BCUT2D eigenvalue weighted by Crippen LogP contribution is 2.24. The molecule has 0 spiro atoms. The number of benzene rings is 2. The molecule has 0 aliphatic carbocycles. The van der Waals surface area contributed by atoms with Crippen molar-refractivity contribution in [3.63, 3.8) is 0 Å². The number of hydrogen-bond donors (Lipinski definition) is 2. The predicted octanol–water partition coefficient (Wildman–Crippen LogP) is 3.42. The molecule has 2 rings (SSSR count). The van der Waals surface area contributed by atoms with Crippen LogP contribution in [0.1, 0.15) is 0 Å². The number of carbonyl (C=O) groups excluding carboxylic acids is 1. The molecule has 0 aromatic heterocycles. The highest BCUT2D eigenvalue weighted by atomic mass is 127. The molecule has 6 nitrogen and oxygen atoms in total. The Morgan fingerprint density at radius 1 is 1.12 bits per heavy atom. The fourth-order valence-corrected chi connectivity index (χ4v) is 3.41. The molecule has 0 fully saturated rings. The third-order valence-corrected chi connectivity index (χ3v) is 5.15. The molecule has 2 aromatic carbocycles. The summed E-state index contributed by atoms with van der Waals surface area (Å²) >= 11 is 7.47. The SMILES string of the molecule is O=C(NCCCl)Nc1ccc(S(=O)(=O)Oc2ccccc2I)cc1. The van der Waals surface area contributed by atoms with E-state index >= 15 is 0 Å². The van der Waals surface area contributed by atoms with Crippen molar-refractivity contribution in [1.29, 1.82) is 0 Å². The monoisotopic (exact) mass is 480 g/mol. The summed E-state index contributed by atoms with van der Waals surface area (Å²) in [7, 11) is -3.95. The number of alkyl halides is 1. The van der Waals surface area contributed by atoms with Crippen molar-refractivity contribution in [2.24, 2.45) is 0 Å². The smallest absolute Gasteiger partial charge is 0.339 e. The number of nitrogens with one attached hydrogen (secondary N) is 2. The average Bonchev–Trinajstić information content (AvgIpc) is 2.55. The van der Waals surface area contributed by atoms with Crippen LogP contribution in [0.15, 0.2) is 53.4 Å². The fourth-order valence-electron chi connectivity index (χ4n) is 1.72. The van der Waals surface area contributed by atoms with Crippen LogP contribution in [-0.4, -0.2) is 26.9 Å². The largest absolute Gasteiger partial charge is 0.378 e. The van der Waals surface area contributed by atoms with Crippen LogP contribution in [0.5, 0.6) is 5.75 Å². The molecular formula is C15H14ClIN2O4S. The van der Waals surface area contributed by atoms with Crippen LogP contribution in [0.2, 0.25) is 0 Å². The molecule has 0 saturated carbocycles. The van der Waals surface area contributed by atoms with Gasteiger partial charge in [-0.15, -0.1) is 11.6 Å². The normalized spacial score (nSPS) is 10.9. The van der Waals surface area contributed by atoms with Crippen molar-refractivity contribution in [3.8, 4) is 5.75 Å². The Hall–Kier alpha value is -1.52. The number of anilines is 1. The van der Waals surface area contributed by atoms with Gasteiger partial charge in [-0.05, 0) is 59.0 Å². The Kier molecular flexibility index (Phi) is 6.69. The molecule has 0 unspecified atom stereocenters. The zero-order valence-corrected chi connectivity index (χ0v) is 16.1. The average molecular weight is 481 g/mol. The van der Waals surface area contributed by atoms with E-state index in [1.807, 2.05) is 22.6 Å². The Morgan fingerprint density at radius 3 is 2.42 bits per heavy atom. The Balaban J connectivity index is 2.09. The zero-order chi connectivity index (χ0) is 17.6. The lowest BCUT2D eigenvalue weighted by molar-refractivity contribution is 0.252. The van der Waals surface area contributed by atoms with Gasteiger partial charge in [0.2, 0.25) is 0 Å². The molecule has 0 heterocycles. The first-order valence-electron chi connectivity index (χ1n) is 6.82. The van der Waals surface area contributed by atoms with Gasteiger partial charge in [0.05, 0.1) is 3.57 Å². The molecule has 0 aliphatic heterocycles. The maximum Gasteiger partial charge on any atom is 0.339 e. The minimum absolute atomic E-state index is 0.00568. The first-order chi connectivity index (χ1) is 11.4. The van der Waals surface area contributed by atoms with Crippen LogP contribution in [-0.2, 0) is 10.1 Å². The summed E-state index contributed by atoms with van der Waals surface area (Å²) in [4.78, 5) is 11.5. The summed E-state index contributed by atoms with van der Waals surface area (Å²) in [6.45, 7) is 0.337. The highest BCUT2D eigenvalue weighted by Gasteiger charge is 2.18. The molecule has 24 heavy (non-hydrogen) atoms. The van der Waals surface area contributed by atoms with Crippen LogP contribution in [0, 0.1) is 3.57 Å². The van der Waals surface area contributed by atoms with Crippen LogP contribution in [0.3, 0.4) is 0 Å². The number of halogens is 2. The Morgan fingerprint density at radius 2 is 1.79 bits per heavy atom. The molecule has 9 heteroatoms. The van der Waals surface area contributed by atoms with E-state index in [0.717, 1.165) is 0 Å². The van der Waals surface area contributed by atoms with Crippen LogP contribution in [0.25, 0.3) is 0 Å². The van der Waals surface area contributed by atoms with Crippen LogP contribution < -0.4 is 14.8 Å². The molecule has 2 aromatic rings. The molecule has 0 radical (unpaired) electrons. The minimum atomic E-state index is -3.95. The molecule has 0 atom stereocenters. The third kappa shape index (κ3) is 5.25. The van der Waals surface area contributed by atoms with Crippen molar-refractivity contribution >= 4 is 56.0 Å². The van der Waals surface area contributed by atoms with Gasteiger partial charge in [0, 0.05) is 18.1 Å². The fraction of sp³-hybridized carbons (Fsp3) is 0.133. The lowest BCUT2D eigenvalue weighted by atomic mass is 10.3. The van der Waals surface area contributed by atoms with Crippen molar-refractivity contribution in [2.75, 3.05) is 17.7 Å². The first kappa shape index (κ1) is 18.8. The highest BCUT2D eigenvalue weighted by molar-refractivity contribution is 14.1. The Bertz CT molecular complexity index is 812. The summed E-state index contributed by atoms with van der Waals surface area (Å²) in [6.07, 6.45) is 0. The Labute approximate surface area is 158 Å². The first-order valence-corrected chi connectivity index (χ1v) is 9.84. The van der Waals surface area contributed by atoms with E-state index in [1.165, 1.54) is 24.3 Å². The van der Waals surface area contributed by atoms with E-state index < -0.39 is 16.1 Å². The van der Waals surface area contributed by atoms with Crippen LogP contribution >= 0.6 is 34.2 Å². The van der Waals surface area contributed by atoms with Crippen molar-refractivity contribution in [1.82, 2.24) is 5.32 Å². The van der Waals surface area contributed by atoms with Gasteiger partial charge >= 0.3 is 16.1 Å². The predicted molar refractivity (Wildman–Crippen MR) is 101 cm³/mol. The van der Waals surface area contributed by atoms with E-state index in [4.69, 9.17) is 15.8 Å². The quantitative estimate of drug-likeness (QED) is 0.377. The standard InChI is InChI=1S/C15H14ClIN2O4S/c16-9-10-18-15(20)19-11-5-7-12(8-6-11)24(21,22)23-14-4-2-1-3-13(14)17/h1-8H,9-10H2,(H2,18,19,20). The maximum absolute atomic E-state index is 12.3. The number of hydrogen-bond acceptors (Lipinski definition) is 4. The lowest BCUT2D eigenvalue weighted by Crippen LogP contribution is -2.30.